The van der Waals surface area contributed by atoms with Crippen LogP contribution in [0.15, 0.2) is 30.5 Å². The molecule has 1 aromatic carbocycles. The lowest BCUT2D eigenvalue weighted by molar-refractivity contribution is -0.141. The van der Waals surface area contributed by atoms with Crippen molar-refractivity contribution in [3.05, 3.63) is 30.5 Å². The number of carbonyl (C=O) groups is 1. The zero-order valence-electron chi connectivity index (χ0n) is 13.9. The summed E-state index contributed by atoms with van der Waals surface area (Å²) in [5.41, 5.74) is 1.97. The van der Waals surface area contributed by atoms with Gasteiger partial charge in [-0.05, 0) is 43.9 Å². The zero-order chi connectivity index (χ0) is 16.7. The summed E-state index contributed by atoms with van der Waals surface area (Å²) in [6.45, 7) is 2.70. The van der Waals surface area contributed by atoms with E-state index in [0.717, 1.165) is 55.7 Å². The molecule has 1 atom stereocenters. The SMILES string of the molecule is CN1CC2(CCN(c3cnc4ccccc4n3)CC2)CC1C(=O)O. The normalized spacial score (nSPS) is 23.9. The highest BCUT2D eigenvalue weighted by molar-refractivity contribution is 5.75. The van der Waals surface area contributed by atoms with Gasteiger partial charge in [-0.25, -0.2) is 4.98 Å². The first kappa shape index (κ1) is 15.3. The van der Waals surface area contributed by atoms with Crippen LogP contribution >= 0.6 is 0 Å². The van der Waals surface area contributed by atoms with Gasteiger partial charge in [0.25, 0.3) is 0 Å². The lowest BCUT2D eigenvalue weighted by Gasteiger charge is -2.39. The molecule has 2 aromatic rings. The largest absolute Gasteiger partial charge is 0.480 e. The predicted octanol–water partition coefficient (Wildman–Crippen LogP) is 2.01. The van der Waals surface area contributed by atoms with Crippen LogP contribution in [0.4, 0.5) is 5.82 Å². The van der Waals surface area contributed by atoms with E-state index >= 15 is 0 Å². The maximum absolute atomic E-state index is 11.4. The number of rotatable bonds is 2. The Hall–Kier alpha value is -2.21. The summed E-state index contributed by atoms with van der Waals surface area (Å²) < 4.78 is 0. The number of likely N-dealkylation sites (N-methyl/N-ethyl adjacent to an activating group) is 1. The Labute approximate surface area is 141 Å². The number of carboxylic acid groups (broad SMARTS) is 1. The zero-order valence-corrected chi connectivity index (χ0v) is 13.9. The minimum atomic E-state index is -0.697. The number of fused-ring (bicyclic) bond motifs is 1. The van der Waals surface area contributed by atoms with Crippen LogP contribution in [0.1, 0.15) is 19.3 Å². The maximum atomic E-state index is 11.4. The highest BCUT2D eigenvalue weighted by atomic mass is 16.4. The van der Waals surface area contributed by atoms with E-state index in [9.17, 15) is 9.90 Å². The molecule has 6 heteroatoms. The number of hydrogen-bond donors (Lipinski definition) is 1. The Morgan fingerprint density at radius 3 is 2.62 bits per heavy atom. The summed E-state index contributed by atoms with van der Waals surface area (Å²) in [7, 11) is 1.93. The van der Waals surface area contributed by atoms with E-state index in [-0.39, 0.29) is 11.5 Å². The van der Waals surface area contributed by atoms with Crippen LogP contribution < -0.4 is 4.90 Å². The summed E-state index contributed by atoms with van der Waals surface area (Å²) >= 11 is 0. The molecule has 126 valence electrons. The van der Waals surface area contributed by atoms with E-state index in [1.807, 2.05) is 42.4 Å². The van der Waals surface area contributed by atoms with E-state index in [1.165, 1.54) is 0 Å². The minimum absolute atomic E-state index is 0.137. The third-order valence-electron chi connectivity index (χ3n) is 5.61. The fraction of sp³-hybridized carbons (Fsp3) is 0.500. The summed E-state index contributed by atoms with van der Waals surface area (Å²) in [5.74, 6) is 0.224. The van der Waals surface area contributed by atoms with Crippen LogP contribution in [0.2, 0.25) is 0 Å². The number of para-hydroxylation sites is 2. The van der Waals surface area contributed by atoms with Crippen molar-refractivity contribution in [3.63, 3.8) is 0 Å². The number of piperidine rings is 1. The second-order valence-electron chi connectivity index (χ2n) is 7.18. The summed E-state index contributed by atoms with van der Waals surface area (Å²) in [4.78, 5) is 24.9. The summed E-state index contributed by atoms with van der Waals surface area (Å²) in [6.07, 6.45) is 4.63. The van der Waals surface area contributed by atoms with Crippen LogP contribution in [0, 0.1) is 5.41 Å². The van der Waals surface area contributed by atoms with Gasteiger partial charge < -0.3 is 10.0 Å². The van der Waals surface area contributed by atoms with Crippen molar-refractivity contribution < 1.29 is 9.90 Å². The Bertz CT molecular complexity index is 770. The molecular formula is C18H22N4O2. The van der Waals surface area contributed by atoms with Crippen molar-refractivity contribution in [2.75, 3.05) is 31.6 Å². The first-order valence-electron chi connectivity index (χ1n) is 8.46. The third kappa shape index (κ3) is 2.60. The van der Waals surface area contributed by atoms with Gasteiger partial charge in [0, 0.05) is 19.6 Å². The van der Waals surface area contributed by atoms with E-state index in [2.05, 4.69) is 9.88 Å². The van der Waals surface area contributed by atoms with Crippen LogP contribution in [0.25, 0.3) is 11.0 Å². The van der Waals surface area contributed by atoms with Gasteiger partial charge in [0.05, 0.1) is 17.2 Å². The fourth-order valence-electron chi connectivity index (χ4n) is 4.22. The molecule has 2 fully saturated rings. The minimum Gasteiger partial charge on any atom is -0.480 e. The Balaban J connectivity index is 1.48. The van der Waals surface area contributed by atoms with E-state index in [4.69, 9.17) is 4.98 Å². The number of anilines is 1. The summed E-state index contributed by atoms with van der Waals surface area (Å²) in [6, 6.07) is 7.57. The van der Waals surface area contributed by atoms with Gasteiger partial charge in [-0.2, -0.15) is 0 Å². The molecule has 0 aliphatic carbocycles. The van der Waals surface area contributed by atoms with E-state index in [1.54, 1.807) is 0 Å². The van der Waals surface area contributed by atoms with Crippen molar-refractivity contribution in [3.8, 4) is 0 Å². The van der Waals surface area contributed by atoms with Gasteiger partial charge in [-0.1, -0.05) is 12.1 Å². The second kappa shape index (κ2) is 5.70. The fourth-order valence-corrected chi connectivity index (χ4v) is 4.22. The smallest absolute Gasteiger partial charge is 0.320 e. The average molecular weight is 326 g/mol. The van der Waals surface area contributed by atoms with E-state index in [0.29, 0.717) is 0 Å². The number of benzene rings is 1. The van der Waals surface area contributed by atoms with Gasteiger partial charge >= 0.3 is 5.97 Å². The quantitative estimate of drug-likeness (QED) is 0.910. The second-order valence-corrected chi connectivity index (χ2v) is 7.18. The van der Waals surface area contributed by atoms with Crippen LogP contribution in [-0.2, 0) is 4.79 Å². The van der Waals surface area contributed by atoms with Crippen molar-refractivity contribution in [1.82, 2.24) is 14.9 Å². The molecule has 0 amide bonds. The highest BCUT2D eigenvalue weighted by Crippen LogP contribution is 2.43. The monoisotopic (exact) mass is 326 g/mol. The molecule has 1 unspecified atom stereocenters. The van der Waals surface area contributed by atoms with Gasteiger partial charge in [-0.15, -0.1) is 0 Å². The van der Waals surface area contributed by atoms with E-state index < -0.39 is 5.97 Å². The number of likely N-dealkylation sites (tertiary alicyclic amines) is 1. The molecule has 3 heterocycles. The molecule has 0 radical (unpaired) electrons. The Kier molecular flexibility index (Phi) is 3.64. The number of carboxylic acids is 1. The molecule has 0 saturated carbocycles. The molecule has 1 aromatic heterocycles. The van der Waals surface area contributed by atoms with Crippen LogP contribution in [0.5, 0.6) is 0 Å². The molecule has 2 aliphatic heterocycles. The van der Waals surface area contributed by atoms with Crippen LogP contribution in [-0.4, -0.2) is 58.7 Å². The molecule has 2 saturated heterocycles. The standard InChI is InChI=1S/C18H22N4O2/c1-21-12-18(10-15(21)17(23)24)6-8-22(9-7-18)16-11-19-13-4-2-3-5-14(13)20-16/h2-5,11,15H,6-10,12H2,1H3,(H,23,24). The Morgan fingerprint density at radius 2 is 1.96 bits per heavy atom. The molecule has 24 heavy (non-hydrogen) atoms. The number of nitrogens with zero attached hydrogens (tertiary/aromatic N) is 4. The highest BCUT2D eigenvalue weighted by Gasteiger charge is 2.46. The molecule has 0 bridgehead atoms. The van der Waals surface area contributed by atoms with Crippen LogP contribution in [0.3, 0.4) is 0 Å². The maximum Gasteiger partial charge on any atom is 0.320 e. The van der Waals surface area contributed by atoms with Crippen molar-refractivity contribution >= 4 is 22.8 Å². The van der Waals surface area contributed by atoms with Crippen molar-refractivity contribution in [2.45, 2.75) is 25.3 Å². The molecule has 4 rings (SSSR count). The van der Waals surface area contributed by atoms with Gasteiger partial charge in [0.1, 0.15) is 11.9 Å². The third-order valence-corrected chi connectivity index (χ3v) is 5.61. The first-order chi connectivity index (χ1) is 11.6. The number of aromatic nitrogens is 2. The first-order valence-corrected chi connectivity index (χ1v) is 8.46. The average Bonchev–Trinajstić information content (AvgIpc) is 2.91. The molecule has 1 spiro atoms. The lowest BCUT2D eigenvalue weighted by Crippen LogP contribution is -2.41. The predicted molar refractivity (Wildman–Crippen MR) is 92.1 cm³/mol. The topological polar surface area (TPSA) is 69.6 Å². The molecular weight excluding hydrogens is 304 g/mol. The number of hydrogen-bond acceptors (Lipinski definition) is 5. The number of aliphatic carboxylic acids is 1. The van der Waals surface area contributed by atoms with Crippen molar-refractivity contribution in [2.24, 2.45) is 5.41 Å². The lowest BCUT2D eigenvalue weighted by atomic mass is 9.76. The Morgan fingerprint density at radius 1 is 1.25 bits per heavy atom. The van der Waals surface area contributed by atoms with Gasteiger partial charge in [0.2, 0.25) is 0 Å². The molecule has 1 N–H and O–H groups in total. The van der Waals surface area contributed by atoms with Gasteiger partial charge in [-0.3, -0.25) is 14.7 Å². The van der Waals surface area contributed by atoms with Crippen molar-refractivity contribution in [1.29, 1.82) is 0 Å². The molecule has 2 aliphatic rings. The summed E-state index contributed by atoms with van der Waals surface area (Å²) in [5, 5.41) is 9.36. The van der Waals surface area contributed by atoms with Gasteiger partial charge in [0.15, 0.2) is 0 Å². The molecule has 6 nitrogen and oxygen atoms in total.